The molecule has 0 saturated carbocycles. The van der Waals surface area contributed by atoms with Crippen molar-refractivity contribution in [3.8, 4) is 5.75 Å². The Bertz CT molecular complexity index is 1340. The Morgan fingerprint density at radius 3 is 2.62 bits per heavy atom. The maximum absolute atomic E-state index is 12.7. The Hall–Kier alpha value is -3.94. The molecule has 8 nitrogen and oxygen atoms in total. The molecule has 0 unspecified atom stereocenters. The highest BCUT2D eigenvalue weighted by atomic mass is 16.5. The van der Waals surface area contributed by atoms with Gasteiger partial charge in [-0.05, 0) is 56.2 Å². The summed E-state index contributed by atoms with van der Waals surface area (Å²) in [4.78, 5) is 28.8. The van der Waals surface area contributed by atoms with Crippen LogP contribution >= 0.6 is 0 Å². The number of aromatic nitrogens is 3. The first-order valence-electron chi connectivity index (χ1n) is 10.4. The van der Waals surface area contributed by atoms with Gasteiger partial charge in [-0.25, -0.2) is 9.50 Å². The van der Waals surface area contributed by atoms with Crippen LogP contribution in [-0.4, -0.2) is 33.5 Å². The van der Waals surface area contributed by atoms with Crippen LogP contribution in [0.5, 0.6) is 5.75 Å². The molecule has 0 aliphatic carbocycles. The predicted molar refractivity (Wildman–Crippen MR) is 124 cm³/mol. The van der Waals surface area contributed by atoms with E-state index >= 15 is 0 Å². The molecule has 32 heavy (non-hydrogen) atoms. The molecule has 4 aromatic rings. The molecule has 164 valence electrons. The molecule has 2 N–H and O–H groups in total. The summed E-state index contributed by atoms with van der Waals surface area (Å²) in [5.74, 6) is 0.173. The lowest BCUT2D eigenvalue weighted by Gasteiger charge is -2.14. The van der Waals surface area contributed by atoms with Crippen molar-refractivity contribution in [2.45, 2.75) is 33.6 Å². The monoisotopic (exact) mass is 431 g/mol. The van der Waals surface area contributed by atoms with E-state index in [-0.39, 0.29) is 18.2 Å². The maximum Gasteiger partial charge on any atom is 0.224 e. The van der Waals surface area contributed by atoms with Gasteiger partial charge < -0.3 is 15.4 Å². The van der Waals surface area contributed by atoms with Crippen molar-refractivity contribution < 1.29 is 14.3 Å². The van der Waals surface area contributed by atoms with E-state index in [1.165, 1.54) is 14.0 Å². The number of ether oxygens (including phenoxy) is 1. The van der Waals surface area contributed by atoms with E-state index in [0.29, 0.717) is 23.5 Å². The van der Waals surface area contributed by atoms with E-state index in [1.54, 1.807) is 18.2 Å². The van der Waals surface area contributed by atoms with Crippen LogP contribution in [0.2, 0.25) is 0 Å². The molecule has 2 aromatic carbocycles. The minimum Gasteiger partial charge on any atom is -0.495 e. The van der Waals surface area contributed by atoms with Gasteiger partial charge in [0.15, 0.2) is 5.65 Å². The molecule has 0 aliphatic rings. The summed E-state index contributed by atoms with van der Waals surface area (Å²) < 4.78 is 7.19. The quantitative estimate of drug-likeness (QED) is 0.480. The minimum atomic E-state index is -0.187. The highest BCUT2D eigenvalue weighted by Gasteiger charge is 2.16. The number of carbonyl (C=O) groups excluding carboxylic acids is 2. The number of rotatable bonds is 6. The van der Waals surface area contributed by atoms with Crippen molar-refractivity contribution in [3.05, 3.63) is 59.4 Å². The lowest BCUT2D eigenvalue weighted by atomic mass is 10.1. The average molecular weight is 431 g/mol. The summed E-state index contributed by atoms with van der Waals surface area (Å²) in [7, 11) is 1.53. The Labute approximate surface area is 185 Å². The first-order valence-corrected chi connectivity index (χ1v) is 10.4. The van der Waals surface area contributed by atoms with Gasteiger partial charge in [0.2, 0.25) is 11.8 Å². The molecule has 0 spiro atoms. The lowest BCUT2D eigenvalue weighted by molar-refractivity contribution is -0.116. The van der Waals surface area contributed by atoms with Gasteiger partial charge in [0.1, 0.15) is 5.75 Å². The molecule has 0 saturated heterocycles. The molecular weight excluding hydrogens is 406 g/mol. The summed E-state index contributed by atoms with van der Waals surface area (Å²) in [6.07, 6.45) is 0.791. The second-order valence-corrected chi connectivity index (χ2v) is 7.66. The van der Waals surface area contributed by atoms with E-state index in [1.807, 2.05) is 42.6 Å². The normalized spacial score (nSPS) is 11.0. The summed E-state index contributed by atoms with van der Waals surface area (Å²) in [6.45, 7) is 5.39. The summed E-state index contributed by atoms with van der Waals surface area (Å²) in [6, 6.07) is 13.0. The number of nitrogens with one attached hydrogen (secondary N) is 2. The van der Waals surface area contributed by atoms with Crippen LogP contribution < -0.4 is 15.4 Å². The van der Waals surface area contributed by atoms with Crippen molar-refractivity contribution >= 4 is 39.7 Å². The molecule has 0 bridgehead atoms. The number of anilines is 2. The molecule has 0 radical (unpaired) electrons. The number of hydrogen-bond acceptors (Lipinski definition) is 5. The molecule has 4 rings (SSSR count). The Morgan fingerprint density at radius 1 is 1.09 bits per heavy atom. The second-order valence-electron chi connectivity index (χ2n) is 7.66. The molecule has 2 aromatic heterocycles. The Balaban J connectivity index is 1.54. The van der Waals surface area contributed by atoms with Gasteiger partial charge >= 0.3 is 0 Å². The molecule has 0 fully saturated rings. The van der Waals surface area contributed by atoms with E-state index in [2.05, 4.69) is 15.7 Å². The molecule has 0 atom stereocenters. The van der Waals surface area contributed by atoms with Crippen LogP contribution in [0.1, 0.15) is 30.3 Å². The van der Waals surface area contributed by atoms with E-state index < -0.39 is 0 Å². The smallest absolute Gasteiger partial charge is 0.224 e. The van der Waals surface area contributed by atoms with Gasteiger partial charge in [-0.3, -0.25) is 9.59 Å². The van der Waals surface area contributed by atoms with Crippen LogP contribution in [0.25, 0.3) is 16.6 Å². The van der Waals surface area contributed by atoms with Crippen LogP contribution in [0.3, 0.4) is 0 Å². The Morgan fingerprint density at radius 2 is 1.88 bits per heavy atom. The fraction of sp³-hybridized carbons (Fsp3) is 0.250. The van der Waals surface area contributed by atoms with Gasteiger partial charge in [0.05, 0.1) is 18.3 Å². The number of aryl methyl sites for hydroxylation is 2. The standard InChI is InChI=1S/C24H25N5O3/c1-14-18(15(2)29-24(25-14)19-7-5-6-8-20(19)28-29)10-12-23(31)27-21-13-17(26-16(3)30)9-11-22(21)32-4/h5-9,11,13H,10,12H2,1-4H3,(H,26,30)(H,27,31). The molecule has 8 heteroatoms. The van der Waals surface area contributed by atoms with Crippen molar-refractivity contribution in [1.29, 1.82) is 0 Å². The van der Waals surface area contributed by atoms with Crippen LogP contribution in [0.15, 0.2) is 42.5 Å². The zero-order valence-corrected chi connectivity index (χ0v) is 18.5. The summed E-state index contributed by atoms with van der Waals surface area (Å²) in [5, 5.41) is 11.3. The number of amides is 2. The molecule has 0 aliphatic heterocycles. The summed E-state index contributed by atoms with van der Waals surface area (Å²) >= 11 is 0. The highest BCUT2D eigenvalue weighted by Crippen LogP contribution is 2.28. The number of nitrogens with zero attached hydrogens (tertiary/aromatic N) is 3. The van der Waals surface area contributed by atoms with Gasteiger partial charge in [-0.15, -0.1) is 0 Å². The van der Waals surface area contributed by atoms with Gasteiger partial charge in [-0.2, -0.15) is 5.10 Å². The third kappa shape index (κ3) is 4.12. The van der Waals surface area contributed by atoms with Gasteiger partial charge in [0, 0.05) is 35.8 Å². The summed E-state index contributed by atoms with van der Waals surface area (Å²) in [5.41, 5.74) is 5.66. The third-order valence-corrected chi connectivity index (χ3v) is 5.41. The number of carbonyl (C=O) groups is 2. The van der Waals surface area contributed by atoms with Gasteiger partial charge in [0.25, 0.3) is 0 Å². The first kappa shape index (κ1) is 21.3. The van der Waals surface area contributed by atoms with Crippen LogP contribution in [-0.2, 0) is 16.0 Å². The molecule has 2 heterocycles. The van der Waals surface area contributed by atoms with Gasteiger partial charge in [-0.1, -0.05) is 12.1 Å². The first-order chi connectivity index (χ1) is 15.4. The van der Waals surface area contributed by atoms with E-state index in [0.717, 1.165) is 33.5 Å². The van der Waals surface area contributed by atoms with Crippen molar-refractivity contribution in [2.75, 3.05) is 17.7 Å². The zero-order chi connectivity index (χ0) is 22.8. The molecular formula is C24H25N5O3. The van der Waals surface area contributed by atoms with Crippen molar-refractivity contribution in [2.24, 2.45) is 0 Å². The highest BCUT2D eigenvalue weighted by molar-refractivity contribution is 5.95. The number of methoxy groups -OCH3 is 1. The SMILES string of the molecule is COc1ccc(NC(C)=O)cc1NC(=O)CCc1c(C)nc2c3ccccc3nn2c1C. The predicted octanol–water partition coefficient (Wildman–Crippen LogP) is 4.04. The van der Waals surface area contributed by atoms with E-state index in [9.17, 15) is 9.59 Å². The fourth-order valence-electron chi connectivity index (χ4n) is 3.88. The van der Waals surface area contributed by atoms with Crippen LogP contribution in [0, 0.1) is 13.8 Å². The third-order valence-electron chi connectivity index (χ3n) is 5.41. The number of benzene rings is 2. The second kappa shape index (κ2) is 8.66. The largest absolute Gasteiger partial charge is 0.495 e. The fourth-order valence-corrected chi connectivity index (χ4v) is 3.88. The molecule has 2 amide bonds. The number of fused-ring (bicyclic) bond motifs is 3. The maximum atomic E-state index is 12.7. The van der Waals surface area contributed by atoms with Crippen molar-refractivity contribution in [3.63, 3.8) is 0 Å². The zero-order valence-electron chi connectivity index (χ0n) is 18.5. The van der Waals surface area contributed by atoms with Crippen LogP contribution in [0.4, 0.5) is 11.4 Å². The average Bonchev–Trinajstić information content (AvgIpc) is 3.12. The minimum absolute atomic E-state index is 0.159. The van der Waals surface area contributed by atoms with E-state index in [4.69, 9.17) is 9.72 Å². The lowest BCUT2D eigenvalue weighted by Crippen LogP contribution is -2.15. The topological polar surface area (TPSA) is 97.6 Å². The Kier molecular flexibility index (Phi) is 5.77. The number of hydrogen-bond donors (Lipinski definition) is 2. The van der Waals surface area contributed by atoms with Crippen molar-refractivity contribution in [1.82, 2.24) is 14.6 Å².